The van der Waals surface area contributed by atoms with Gasteiger partial charge in [-0.05, 0) is 37.1 Å². The molecule has 2 heterocycles. The molecule has 4 nitrogen and oxygen atoms in total. The van der Waals surface area contributed by atoms with Gasteiger partial charge >= 0.3 is 0 Å². The Morgan fingerprint density at radius 2 is 1.73 bits per heavy atom. The first-order valence-corrected chi connectivity index (χ1v) is 9.19. The zero-order valence-electron chi connectivity index (χ0n) is 15.4. The number of morpholine rings is 1. The third-order valence-corrected chi connectivity index (χ3v) is 5.35. The molecule has 0 spiro atoms. The quantitative estimate of drug-likeness (QED) is 0.765. The standard InChI is InChI=1S/C22H25N3O/c1-22(2,25-13-15-26-16-14-25)18-10-7-17(8-11-18)9-12-21-19-5-3-4-6-20(19)23-24-21/h3-12H,13-16H2,1-2H3,(H,23,24)/b12-9+. The van der Waals surface area contributed by atoms with E-state index in [1.807, 2.05) is 18.2 Å². The van der Waals surface area contributed by atoms with Crippen LogP contribution in [0.15, 0.2) is 48.5 Å². The molecule has 1 fully saturated rings. The molecule has 0 radical (unpaired) electrons. The van der Waals surface area contributed by atoms with E-state index < -0.39 is 0 Å². The summed E-state index contributed by atoms with van der Waals surface area (Å²) in [7, 11) is 0. The van der Waals surface area contributed by atoms with Crippen molar-refractivity contribution in [3.8, 4) is 0 Å². The average Bonchev–Trinajstić information content (AvgIpc) is 3.11. The summed E-state index contributed by atoms with van der Waals surface area (Å²) in [5.41, 5.74) is 4.57. The third kappa shape index (κ3) is 3.30. The van der Waals surface area contributed by atoms with E-state index >= 15 is 0 Å². The van der Waals surface area contributed by atoms with Crippen molar-refractivity contribution < 1.29 is 4.74 Å². The minimum atomic E-state index is 0.0183. The number of ether oxygens (including phenoxy) is 1. The molecular weight excluding hydrogens is 322 g/mol. The number of nitrogens with one attached hydrogen (secondary N) is 1. The summed E-state index contributed by atoms with van der Waals surface area (Å²) in [6.07, 6.45) is 4.19. The first-order valence-electron chi connectivity index (χ1n) is 9.19. The Bertz CT molecular complexity index is 903. The summed E-state index contributed by atoms with van der Waals surface area (Å²) in [4.78, 5) is 2.50. The van der Waals surface area contributed by atoms with Crippen LogP contribution >= 0.6 is 0 Å². The third-order valence-electron chi connectivity index (χ3n) is 5.35. The van der Waals surface area contributed by atoms with E-state index in [2.05, 4.69) is 71.4 Å². The first-order chi connectivity index (χ1) is 12.6. The van der Waals surface area contributed by atoms with Gasteiger partial charge in [0.05, 0.1) is 24.4 Å². The minimum absolute atomic E-state index is 0.0183. The number of fused-ring (bicyclic) bond motifs is 1. The molecule has 0 unspecified atom stereocenters. The molecule has 134 valence electrons. The molecule has 1 saturated heterocycles. The second-order valence-electron chi connectivity index (χ2n) is 7.27. The number of nitrogens with zero attached hydrogens (tertiary/aromatic N) is 2. The largest absolute Gasteiger partial charge is 0.379 e. The number of rotatable bonds is 4. The minimum Gasteiger partial charge on any atom is -0.379 e. The average molecular weight is 347 g/mol. The van der Waals surface area contributed by atoms with Crippen LogP contribution in [0.2, 0.25) is 0 Å². The predicted molar refractivity (Wildman–Crippen MR) is 107 cm³/mol. The number of hydrogen-bond acceptors (Lipinski definition) is 3. The zero-order valence-corrected chi connectivity index (χ0v) is 15.4. The smallest absolute Gasteiger partial charge is 0.0927 e. The molecule has 4 rings (SSSR count). The second kappa shape index (κ2) is 7.06. The summed E-state index contributed by atoms with van der Waals surface area (Å²) < 4.78 is 5.49. The summed E-state index contributed by atoms with van der Waals surface area (Å²) in [6.45, 7) is 8.20. The van der Waals surface area contributed by atoms with E-state index in [1.165, 1.54) is 11.1 Å². The van der Waals surface area contributed by atoms with Crippen molar-refractivity contribution in [3.63, 3.8) is 0 Å². The predicted octanol–water partition coefficient (Wildman–Crippen LogP) is 4.30. The molecule has 1 aliphatic heterocycles. The summed E-state index contributed by atoms with van der Waals surface area (Å²) in [6, 6.07) is 17.0. The van der Waals surface area contributed by atoms with E-state index in [1.54, 1.807) is 0 Å². The molecule has 0 atom stereocenters. The number of H-pyrrole nitrogens is 1. The van der Waals surface area contributed by atoms with Crippen molar-refractivity contribution in [2.24, 2.45) is 0 Å². The molecule has 4 heteroatoms. The molecule has 1 N–H and O–H groups in total. The van der Waals surface area contributed by atoms with Gasteiger partial charge < -0.3 is 4.74 Å². The van der Waals surface area contributed by atoms with Gasteiger partial charge in [0.1, 0.15) is 0 Å². The van der Waals surface area contributed by atoms with Crippen LogP contribution in [-0.4, -0.2) is 41.4 Å². The highest BCUT2D eigenvalue weighted by Gasteiger charge is 2.29. The Balaban J connectivity index is 1.52. The number of hydrogen-bond donors (Lipinski definition) is 1. The Kier molecular flexibility index (Phi) is 4.62. The SMILES string of the molecule is CC(C)(c1ccc(/C=C/c2n[nH]c3ccccc23)cc1)N1CCOCC1. The number of benzene rings is 2. The maximum Gasteiger partial charge on any atom is 0.0927 e. The molecule has 0 aliphatic carbocycles. The van der Waals surface area contributed by atoms with Crippen molar-refractivity contribution in [1.82, 2.24) is 15.1 Å². The fraction of sp³-hybridized carbons (Fsp3) is 0.318. The zero-order chi connectivity index (χ0) is 18.0. The topological polar surface area (TPSA) is 41.2 Å². The van der Waals surface area contributed by atoms with Crippen molar-refractivity contribution in [3.05, 3.63) is 65.4 Å². The monoisotopic (exact) mass is 347 g/mol. The highest BCUT2D eigenvalue weighted by Crippen LogP contribution is 2.29. The van der Waals surface area contributed by atoms with E-state index in [4.69, 9.17) is 4.74 Å². The summed E-state index contributed by atoms with van der Waals surface area (Å²) in [5.74, 6) is 0. The number of aromatic nitrogens is 2. The van der Waals surface area contributed by atoms with Gasteiger partial charge in [-0.1, -0.05) is 48.5 Å². The molecule has 2 aromatic carbocycles. The van der Waals surface area contributed by atoms with Crippen molar-refractivity contribution in [2.75, 3.05) is 26.3 Å². The van der Waals surface area contributed by atoms with Gasteiger partial charge in [-0.15, -0.1) is 0 Å². The van der Waals surface area contributed by atoms with Gasteiger partial charge in [-0.25, -0.2) is 0 Å². The lowest BCUT2D eigenvalue weighted by molar-refractivity contribution is -0.0118. The van der Waals surface area contributed by atoms with Crippen LogP contribution < -0.4 is 0 Å². The van der Waals surface area contributed by atoms with E-state index in [0.29, 0.717) is 0 Å². The van der Waals surface area contributed by atoms with Gasteiger partial charge in [0.15, 0.2) is 0 Å². The van der Waals surface area contributed by atoms with Crippen LogP contribution in [0.3, 0.4) is 0 Å². The van der Waals surface area contributed by atoms with Gasteiger partial charge in [-0.3, -0.25) is 10.00 Å². The molecule has 1 aliphatic rings. The highest BCUT2D eigenvalue weighted by molar-refractivity contribution is 5.89. The van der Waals surface area contributed by atoms with Crippen LogP contribution in [0.1, 0.15) is 30.7 Å². The normalized spacial score (nSPS) is 16.5. The Hall–Kier alpha value is -2.43. The fourth-order valence-corrected chi connectivity index (χ4v) is 3.59. The van der Waals surface area contributed by atoms with Crippen LogP contribution in [0.5, 0.6) is 0 Å². The number of para-hydroxylation sites is 1. The highest BCUT2D eigenvalue weighted by atomic mass is 16.5. The van der Waals surface area contributed by atoms with E-state index in [-0.39, 0.29) is 5.54 Å². The number of aromatic amines is 1. The lowest BCUT2D eigenvalue weighted by atomic mass is 9.91. The van der Waals surface area contributed by atoms with Crippen LogP contribution in [0.25, 0.3) is 23.1 Å². The molecular formula is C22H25N3O. The lowest BCUT2D eigenvalue weighted by Gasteiger charge is -2.41. The van der Waals surface area contributed by atoms with E-state index in [0.717, 1.165) is 42.9 Å². The van der Waals surface area contributed by atoms with E-state index in [9.17, 15) is 0 Å². The molecule has 26 heavy (non-hydrogen) atoms. The van der Waals surface area contributed by atoms with Crippen LogP contribution in [0.4, 0.5) is 0 Å². The second-order valence-corrected chi connectivity index (χ2v) is 7.27. The van der Waals surface area contributed by atoms with Crippen molar-refractivity contribution in [1.29, 1.82) is 0 Å². The fourth-order valence-electron chi connectivity index (χ4n) is 3.59. The lowest BCUT2D eigenvalue weighted by Crippen LogP contribution is -2.47. The Morgan fingerprint density at radius 3 is 2.50 bits per heavy atom. The maximum absolute atomic E-state index is 5.49. The maximum atomic E-state index is 5.49. The Morgan fingerprint density at radius 1 is 1.00 bits per heavy atom. The Labute approximate surface area is 154 Å². The molecule has 1 aromatic heterocycles. The van der Waals surface area contributed by atoms with Gasteiger partial charge in [0.25, 0.3) is 0 Å². The van der Waals surface area contributed by atoms with Crippen molar-refractivity contribution >= 4 is 23.1 Å². The van der Waals surface area contributed by atoms with Crippen LogP contribution in [-0.2, 0) is 10.3 Å². The van der Waals surface area contributed by atoms with Gasteiger partial charge in [0.2, 0.25) is 0 Å². The molecule has 0 bridgehead atoms. The van der Waals surface area contributed by atoms with Crippen LogP contribution in [0, 0.1) is 0 Å². The van der Waals surface area contributed by atoms with Gasteiger partial charge in [0, 0.05) is 24.0 Å². The molecule has 0 amide bonds. The first kappa shape index (κ1) is 17.0. The van der Waals surface area contributed by atoms with Gasteiger partial charge in [-0.2, -0.15) is 5.10 Å². The molecule has 0 saturated carbocycles. The summed E-state index contributed by atoms with van der Waals surface area (Å²) in [5, 5.41) is 8.62. The van der Waals surface area contributed by atoms with Crippen molar-refractivity contribution in [2.45, 2.75) is 19.4 Å². The molecule has 3 aromatic rings. The summed E-state index contributed by atoms with van der Waals surface area (Å²) >= 11 is 0.